The van der Waals surface area contributed by atoms with Gasteiger partial charge in [0.1, 0.15) is 0 Å². The molecule has 2 aromatic heterocycles. The minimum atomic E-state index is -0.438. The molecule has 0 aliphatic rings. The third kappa shape index (κ3) is 2.96. The van der Waals surface area contributed by atoms with Gasteiger partial charge in [0.25, 0.3) is 0 Å². The lowest BCUT2D eigenvalue weighted by molar-refractivity contribution is 0.0592. The molecule has 0 aliphatic heterocycles. The summed E-state index contributed by atoms with van der Waals surface area (Å²) in [5, 5.41) is 7.92. The highest BCUT2D eigenvalue weighted by atomic mass is 16.5. The summed E-state index contributed by atoms with van der Waals surface area (Å²) in [4.78, 5) is 15.5. The molecule has 0 amide bonds. The van der Waals surface area contributed by atoms with Gasteiger partial charge in [0.2, 0.25) is 0 Å². The Bertz CT molecular complexity index is 551. The SMILES string of the molecule is CCc1c(C(=O)OC)nnn1CCc1ccncc1. The van der Waals surface area contributed by atoms with Gasteiger partial charge < -0.3 is 4.74 Å². The van der Waals surface area contributed by atoms with E-state index in [0.717, 1.165) is 12.1 Å². The van der Waals surface area contributed by atoms with Gasteiger partial charge in [0, 0.05) is 18.9 Å². The summed E-state index contributed by atoms with van der Waals surface area (Å²) in [6, 6.07) is 3.92. The first kappa shape index (κ1) is 13.2. The van der Waals surface area contributed by atoms with E-state index in [2.05, 4.69) is 15.3 Å². The van der Waals surface area contributed by atoms with Crippen molar-refractivity contribution in [2.75, 3.05) is 7.11 Å². The second kappa shape index (κ2) is 6.08. The number of rotatable bonds is 5. The summed E-state index contributed by atoms with van der Waals surface area (Å²) < 4.78 is 6.45. The molecule has 19 heavy (non-hydrogen) atoms. The lowest BCUT2D eigenvalue weighted by Crippen LogP contribution is -2.10. The van der Waals surface area contributed by atoms with Gasteiger partial charge in [-0.25, -0.2) is 9.48 Å². The summed E-state index contributed by atoms with van der Waals surface area (Å²) in [5.41, 5.74) is 2.29. The number of esters is 1. The van der Waals surface area contributed by atoms with Gasteiger partial charge in [-0.15, -0.1) is 5.10 Å². The predicted octanol–water partition coefficient (Wildman–Crippen LogP) is 1.26. The molecule has 100 valence electrons. The Hall–Kier alpha value is -2.24. The van der Waals surface area contributed by atoms with Gasteiger partial charge in [-0.3, -0.25) is 4.98 Å². The maximum Gasteiger partial charge on any atom is 0.360 e. The zero-order valence-electron chi connectivity index (χ0n) is 11.0. The van der Waals surface area contributed by atoms with Crippen molar-refractivity contribution in [1.29, 1.82) is 0 Å². The van der Waals surface area contributed by atoms with Crippen molar-refractivity contribution in [1.82, 2.24) is 20.0 Å². The van der Waals surface area contributed by atoms with Crippen LogP contribution in [0.5, 0.6) is 0 Å². The fraction of sp³-hybridized carbons (Fsp3) is 0.385. The topological polar surface area (TPSA) is 69.9 Å². The van der Waals surface area contributed by atoms with E-state index in [9.17, 15) is 4.79 Å². The highest BCUT2D eigenvalue weighted by Gasteiger charge is 2.18. The molecule has 2 rings (SSSR count). The van der Waals surface area contributed by atoms with Crippen LogP contribution in [0.4, 0.5) is 0 Å². The monoisotopic (exact) mass is 260 g/mol. The molecule has 0 saturated heterocycles. The van der Waals surface area contributed by atoms with Gasteiger partial charge in [-0.2, -0.15) is 0 Å². The minimum Gasteiger partial charge on any atom is -0.464 e. The zero-order chi connectivity index (χ0) is 13.7. The van der Waals surface area contributed by atoms with E-state index in [1.807, 2.05) is 19.1 Å². The van der Waals surface area contributed by atoms with E-state index in [1.54, 1.807) is 17.1 Å². The Labute approximate surface area is 111 Å². The maximum atomic E-state index is 11.5. The molecule has 6 nitrogen and oxygen atoms in total. The molecule has 0 saturated carbocycles. The third-order valence-corrected chi connectivity index (χ3v) is 2.91. The van der Waals surface area contributed by atoms with Crippen LogP contribution in [0.1, 0.15) is 28.7 Å². The quantitative estimate of drug-likeness (QED) is 0.757. The Morgan fingerprint density at radius 2 is 2.11 bits per heavy atom. The highest BCUT2D eigenvalue weighted by molar-refractivity contribution is 5.88. The molecule has 2 aromatic rings. The van der Waals surface area contributed by atoms with Crippen LogP contribution in [0.15, 0.2) is 24.5 Å². The van der Waals surface area contributed by atoms with E-state index in [4.69, 9.17) is 4.74 Å². The smallest absolute Gasteiger partial charge is 0.360 e. The molecule has 0 fully saturated rings. The van der Waals surface area contributed by atoms with Gasteiger partial charge in [-0.05, 0) is 30.5 Å². The minimum absolute atomic E-state index is 0.305. The van der Waals surface area contributed by atoms with Crippen molar-refractivity contribution in [2.24, 2.45) is 0 Å². The number of hydrogen-bond donors (Lipinski definition) is 0. The predicted molar refractivity (Wildman–Crippen MR) is 68.7 cm³/mol. The fourth-order valence-electron chi connectivity index (χ4n) is 1.90. The molecule has 0 radical (unpaired) electrons. The highest BCUT2D eigenvalue weighted by Crippen LogP contribution is 2.09. The molecule has 0 aliphatic carbocycles. The van der Waals surface area contributed by atoms with Crippen molar-refractivity contribution in [3.63, 3.8) is 0 Å². The Kier molecular flexibility index (Phi) is 4.22. The number of carbonyl (C=O) groups excluding carboxylic acids is 1. The van der Waals surface area contributed by atoms with Gasteiger partial charge in [-0.1, -0.05) is 12.1 Å². The first-order chi connectivity index (χ1) is 9.26. The second-order valence-corrected chi connectivity index (χ2v) is 4.06. The number of pyridine rings is 1. The first-order valence-corrected chi connectivity index (χ1v) is 6.15. The number of carbonyl (C=O) groups is 1. The van der Waals surface area contributed by atoms with E-state index in [0.29, 0.717) is 18.7 Å². The van der Waals surface area contributed by atoms with Crippen molar-refractivity contribution in [3.8, 4) is 0 Å². The molecule has 0 unspecified atom stereocenters. The van der Waals surface area contributed by atoms with Crippen molar-refractivity contribution in [3.05, 3.63) is 41.5 Å². The number of methoxy groups -OCH3 is 1. The van der Waals surface area contributed by atoms with E-state index in [1.165, 1.54) is 12.7 Å². The molecule has 0 spiro atoms. The number of aryl methyl sites for hydroxylation is 2. The van der Waals surface area contributed by atoms with Crippen molar-refractivity contribution < 1.29 is 9.53 Å². The lowest BCUT2D eigenvalue weighted by atomic mass is 10.2. The van der Waals surface area contributed by atoms with Crippen LogP contribution in [-0.4, -0.2) is 33.1 Å². The van der Waals surface area contributed by atoms with Gasteiger partial charge in [0.15, 0.2) is 5.69 Å². The second-order valence-electron chi connectivity index (χ2n) is 4.06. The summed E-state index contributed by atoms with van der Waals surface area (Å²) in [6.45, 7) is 2.64. The van der Waals surface area contributed by atoms with Crippen LogP contribution in [0.2, 0.25) is 0 Å². The first-order valence-electron chi connectivity index (χ1n) is 6.15. The van der Waals surface area contributed by atoms with Crippen LogP contribution in [0, 0.1) is 0 Å². The fourth-order valence-corrected chi connectivity index (χ4v) is 1.90. The molecule has 6 heteroatoms. The van der Waals surface area contributed by atoms with Crippen LogP contribution >= 0.6 is 0 Å². The van der Waals surface area contributed by atoms with E-state index < -0.39 is 5.97 Å². The van der Waals surface area contributed by atoms with Crippen molar-refractivity contribution >= 4 is 5.97 Å². The summed E-state index contributed by atoms with van der Waals surface area (Å²) in [5.74, 6) is -0.438. The summed E-state index contributed by atoms with van der Waals surface area (Å²) in [7, 11) is 1.35. The normalized spacial score (nSPS) is 10.4. The Morgan fingerprint density at radius 1 is 1.37 bits per heavy atom. The average Bonchev–Trinajstić information content (AvgIpc) is 2.88. The van der Waals surface area contributed by atoms with Crippen LogP contribution in [0.25, 0.3) is 0 Å². The number of nitrogens with zero attached hydrogens (tertiary/aromatic N) is 4. The molecular weight excluding hydrogens is 244 g/mol. The van der Waals surface area contributed by atoms with Crippen LogP contribution in [0.3, 0.4) is 0 Å². The molecule has 0 aromatic carbocycles. The van der Waals surface area contributed by atoms with Crippen molar-refractivity contribution in [2.45, 2.75) is 26.3 Å². The molecule has 0 atom stereocenters. The van der Waals surface area contributed by atoms with Crippen LogP contribution < -0.4 is 0 Å². The molecule has 2 heterocycles. The van der Waals surface area contributed by atoms with E-state index >= 15 is 0 Å². The van der Waals surface area contributed by atoms with Gasteiger partial charge in [0.05, 0.1) is 12.8 Å². The molecule has 0 bridgehead atoms. The molecule has 0 N–H and O–H groups in total. The number of aromatic nitrogens is 4. The van der Waals surface area contributed by atoms with E-state index in [-0.39, 0.29) is 0 Å². The zero-order valence-corrected chi connectivity index (χ0v) is 11.0. The Morgan fingerprint density at radius 3 is 2.74 bits per heavy atom. The lowest BCUT2D eigenvalue weighted by Gasteiger charge is -2.05. The summed E-state index contributed by atoms with van der Waals surface area (Å²) in [6.07, 6.45) is 5.03. The molecular formula is C13H16N4O2. The number of ether oxygens (including phenoxy) is 1. The maximum absolute atomic E-state index is 11.5. The number of hydrogen-bond acceptors (Lipinski definition) is 5. The average molecular weight is 260 g/mol. The largest absolute Gasteiger partial charge is 0.464 e. The standard InChI is InChI=1S/C13H16N4O2/c1-3-11-12(13(18)19-2)15-16-17(11)9-6-10-4-7-14-8-5-10/h4-5,7-8H,3,6,9H2,1-2H3. The van der Waals surface area contributed by atoms with Crippen LogP contribution in [-0.2, 0) is 24.1 Å². The third-order valence-electron chi connectivity index (χ3n) is 2.91. The summed E-state index contributed by atoms with van der Waals surface area (Å²) >= 11 is 0. The van der Waals surface area contributed by atoms with Gasteiger partial charge >= 0.3 is 5.97 Å². The Balaban J connectivity index is 2.13.